The van der Waals surface area contributed by atoms with E-state index in [-0.39, 0.29) is 28.9 Å². The Kier molecular flexibility index (Phi) is 8.84. The van der Waals surface area contributed by atoms with Crippen LogP contribution in [0.25, 0.3) is 0 Å². The van der Waals surface area contributed by atoms with Gasteiger partial charge in [-0.15, -0.1) is 0 Å². The molecule has 30 heavy (non-hydrogen) atoms. The Balaban J connectivity index is 2.23. The van der Waals surface area contributed by atoms with Crippen molar-refractivity contribution in [2.75, 3.05) is 32.8 Å². The average Bonchev–Trinajstić information content (AvgIpc) is 2.74. The van der Waals surface area contributed by atoms with Gasteiger partial charge in [-0.25, -0.2) is 16.8 Å². The molecule has 1 aromatic carbocycles. The van der Waals surface area contributed by atoms with Crippen molar-refractivity contribution in [3.8, 4) is 0 Å². The summed E-state index contributed by atoms with van der Waals surface area (Å²) < 4.78 is 59.5. The summed E-state index contributed by atoms with van der Waals surface area (Å²) in [5.74, 6) is -0.865. The second kappa shape index (κ2) is 10.7. The fourth-order valence-corrected chi connectivity index (χ4v) is 6.69. The van der Waals surface area contributed by atoms with Gasteiger partial charge in [0.25, 0.3) is 0 Å². The Morgan fingerprint density at radius 2 is 1.60 bits per heavy atom. The topological polar surface area (TPSA) is 101 Å². The number of hydrogen-bond donors (Lipinski definition) is 0. The highest BCUT2D eigenvalue weighted by Gasteiger charge is 2.34. The van der Waals surface area contributed by atoms with Crippen LogP contribution in [0.5, 0.6) is 0 Å². The van der Waals surface area contributed by atoms with Crippen molar-refractivity contribution in [3.05, 3.63) is 24.3 Å². The molecule has 1 aromatic rings. The quantitative estimate of drug-likeness (QED) is 0.497. The maximum atomic E-state index is 13.0. The first-order valence-electron chi connectivity index (χ1n) is 10.4. The highest BCUT2D eigenvalue weighted by atomic mass is 32.2. The molecule has 2 rings (SSSR count). The van der Waals surface area contributed by atoms with Crippen molar-refractivity contribution < 1.29 is 26.4 Å². The van der Waals surface area contributed by atoms with Gasteiger partial charge in [-0.05, 0) is 56.9 Å². The lowest BCUT2D eigenvalue weighted by Gasteiger charge is -2.30. The summed E-state index contributed by atoms with van der Waals surface area (Å²) in [5, 5.41) is 0. The summed E-state index contributed by atoms with van der Waals surface area (Å²) in [6, 6.07) is 5.33. The SMILES string of the molecule is CCCN(CCC)S(=O)(=O)c1ccc(S(=O)(=O)N2CCC[C@@H](C(=O)OCC)C2)cc1. The number of carbonyl (C=O) groups is 1. The number of rotatable bonds is 10. The lowest BCUT2D eigenvalue weighted by molar-refractivity contribution is -0.149. The molecule has 0 radical (unpaired) electrons. The van der Waals surface area contributed by atoms with E-state index >= 15 is 0 Å². The highest BCUT2D eigenvalue weighted by molar-refractivity contribution is 7.89. The normalized spacial score (nSPS) is 18.5. The van der Waals surface area contributed by atoms with Crippen molar-refractivity contribution in [1.82, 2.24) is 8.61 Å². The van der Waals surface area contributed by atoms with Crippen LogP contribution >= 0.6 is 0 Å². The molecule has 0 unspecified atom stereocenters. The predicted octanol–water partition coefficient (Wildman–Crippen LogP) is 2.46. The van der Waals surface area contributed by atoms with Crippen molar-refractivity contribution >= 4 is 26.0 Å². The minimum absolute atomic E-state index is 0.0171. The maximum Gasteiger partial charge on any atom is 0.310 e. The van der Waals surface area contributed by atoms with E-state index in [0.29, 0.717) is 45.3 Å². The number of carbonyl (C=O) groups excluding carboxylic acids is 1. The molecule has 1 saturated heterocycles. The van der Waals surface area contributed by atoms with Gasteiger partial charge in [0.2, 0.25) is 20.0 Å². The van der Waals surface area contributed by atoms with Crippen LogP contribution < -0.4 is 0 Å². The fourth-order valence-electron chi connectivity index (χ4n) is 3.55. The van der Waals surface area contributed by atoms with E-state index in [9.17, 15) is 21.6 Å². The number of nitrogens with zero attached hydrogens (tertiary/aromatic N) is 2. The van der Waals surface area contributed by atoms with E-state index in [1.54, 1.807) is 6.92 Å². The Bertz CT molecular complexity index is 907. The number of sulfonamides is 2. The van der Waals surface area contributed by atoms with E-state index in [2.05, 4.69) is 0 Å². The van der Waals surface area contributed by atoms with Crippen LogP contribution in [-0.4, -0.2) is 64.2 Å². The third kappa shape index (κ3) is 5.60. The summed E-state index contributed by atoms with van der Waals surface area (Å²) in [6.07, 6.45) is 2.55. The van der Waals surface area contributed by atoms with Crippen LogP contribution in [0.3, 0.4) is 0 Å². The molecule has 0 aromatic heterocycles. The van der Waals surface area contributed by atoms with Gasteiger partial charge in [0, 0.05) is 26.2 Å². The largest absolute Gasteiger partial charge is 0.466 e. The van der Waals surface area contributed by atoms with Crippen molar-refractivity contribution in [2.45, 2.75) is 56.2 Å². The number of ether oxygens (including phenoxy) is 1. The highest BCUT2D eigenvalue weighted by Crippen LogP contribution is 2.26. The molecular formula is C20H32N2O6S2. The number of benzene rings is 1. The van der Waals surface area contributed by atoms with Crippen LogP contribution in [-0.2, 0) is 29.6 Å². The standard InChI is InChI=1S/C20H32N2O6S2/c1-4-13-21(14-5-2)29(24,25)18-9-11-19(12-10-18)30(26,27)22-15-7-8-17(16-22)20(23)28-6-3/h9-12,17H,4-8,13-16H2,1-3H3/t17-/m1/s1. The molecule has 8 nitrogen and oxygen atoms in total. The monoisotopic (exact) mass is 460 g/mol. The summed E-state index contributed by atoms with van der Waals surface area (Å²) in [5.41, 5.74) is 0. The zero-order valence-corrected chi connectivity index (χ0v) is 19.5. The molecular weight excluding hydrogens is 428 g/mol. The third-order valence-electron chi connectivity index (χ3n) is 5.05. The van der Waals surface area contributed by atoms with Gasteiger partial charge < -0.3 is 4.74 Å². The van der Waals surface area contributed by atoms with Gasteiger partial charge in [-0.2, -0.15) is 8.61 Å². The molecule has 0 amide bonds. The van der Waals surface area contributed by atoms with Crippen molar-refractivity contribution in [3.63, 3.8) is 0 Å². The fraction of sp³-hybridized carbons (Fsp3) is 0.650. The Hall–Kier alpha value is -1.49. The Labute approximate surface area is 180 Å². The Morgan fingerprint density at radius 1 is 1.03 bits per heavy atom. The van der Waals surface area contributed by atoms with Crippen LogP contribution in [0.4, 0.5) is 0 Å². The van der Waals surface area contributed by atoms with E-state index in [1.165, 1.54) is 32.9 Å². The second-order valence-corrected chi connectivity index (χ2v) is 11.2. The molecule has 170 valence electrons. The van der Waals surface area contributed by atoms with Crippen LogP contribution in [0.2, 0.25) is 0 Å². The molecule has 0 bridgehead atoms. The van der Waals surface area contributed by atoms with Crippen LogP contribution in [0.1, 0.15) is 46.5 Å². The van der Waals surface area contributed by atoms with Gasteiger partial charge in [0.05, 0.1) is 22.3 Å². The minimum atomic E-state index is -3.83. The van der Waals surface area contributed by atoms with E-state index in [1.807, 2.05) is 13.8 Å². The molecule has 1 aliphatic heterocycles. The van der Waals surface area contributed by atoms with E-state index in [4.69, 9.17) is 4.74 Å². The van der Waals surface area contributed by atoms with Gasteiger partial charge in [-0.1, -0.05) is 13.8 Å². The van der Waals surface area contributed by atoms with E-state index < -0.39 is 26.0 Å². The molecule has 1 heterocycles. The molecule has 0 saturated carbocycles. The molecule has 0 N–H and O–H groups in total. The number of esters is 1. The molecule has 1 aliphatic rings. The summed E-state index contributed by atoms with van der Waals surface area (Å²) in [7, 11) is -7.50. The summed E-state index contributed by atoms with van der Waals surface area (Å²) in [4.78, 5) is 12.1. The zero-order valence-electron chi connectivity index (χ0n) is 17.9. The zero-order chi connectivity index (χ0) is 22.4. The van der Waals surface area contributed by atoms with Gasteiger partial charge in [-0.3, -0.25) is 4.79 Å². The van der Waals surface area contributed by atoms with Crippen molar-refractivity contribution in [1.29, 1.82) is 0 Å². The molecule has 10 heteroatoms. The first-order chi connectivity index (χ1) is 14.2. The first-order valence-corrected chi connectivity index (χ1v) is 13.3. The molecule has 0 aliphatic carbocycles. The molecule has 0 spiro atoms. The van der Waals surface area contributed by atoms with Crippen LogP contribution in [0, 0.1) is 5.92 Å². The summed E-state index contributed by atoms with van der Waals surface area (Å²) >= 11 is 0. The number of hydrogen-bond acceptors (Lipinski definition) is 6. The maximum absolute atomic E-state index is 13.0. The van der Waals surface area contributed by atoms with E-state index in [0.717, 1.165) is 0 Å². The third-order valence-corrected chi connectivity index (χ3v) is 8.84. The second-order valence-electron chi connectivity index (χ2n) is 7.33. The van der Waals surface area contributed by atoms with Gasteiger partial charge >= 0.3 is 5.97 Å². The minimum Gasteiger partial charge on any atom is -0.466 e. The molecule has 1 atom stereocenters. The Morgan fingerprint density at radius 3 is 2.13 bits per heavy atom. The summed E-state index contributed by atoms with van der Waals surface area (Å²) in [6.45, 7) is 7.02. The van der Waals surface area contributed by atoms with Crippen LogP contribution in [0.15, 0.2) is 34.1 Å². The van der Waals surface area contributed by atoms with Crippen molar-refractivity contribution in [2.24, 2.45) is 5.92 Å². The van der Waals surface area contributed by atoms with Gasteiger partial charge in [0.15, 0.2) is 0 Å². The lowest BCUT2D eigenvalue weighted by atomic mass is 10.0. The first kappa shape index (κ1) is 24.8. The predicted molar refractivity (Wildman–Crippen MR) is 114 cm³/mol. The molecule has 1 fully saturated rings. The van der Waals surface area contributed by atoms with Gasteiger partial charge in [0.1, 0.15) is 0 Å². The lowest BCUT2D eigenvalue weighted by Crippen LogP contribution is -2.42. The number of piperidine rings is 1. The smallest absolute Gasteiger partial charge is 0.310 e. The average molecular weight is 461 g/mol.